The molecule has 6 aromatic carbocycles. The van der Waals surface area contributed by atoms with Gasteiger partial charge in [-0.05, 0) is 166 Å². The van der Waals surface area contributed by atoms with Crippen LogP contribution in [0.25, 0.3) is 44.5 Å². The van der Waals surface area contributed by atoms with Gasteiger partial charge in [-0.15, -0.1) is 0 Å². The Hall–Kier alpha value is -11.5. The molecule has 0 aliphatic carbocycles. The van der Waals surface area contributed by atoms with Crippen LogP contribution in [0.1, 0.15) is 236 Å². The largest absolute Gasteiger partial charge is 0.486 e. The lowest BCUT2D eigenvalue weighted by molar-refractivity contribution is -0.144. The van der Waals surface area contributed by atoms with Gasteiger partial charge < -0.3 is 68.2 Å². The lowest BCUT2D eigenvalue weighted by Crippen LogP contribution is -2.50. The molecule has 0 fully saturated rings. The van der Waals surface area contributed by atoms with Crippen molar-refractivity contribution in [2.75, 3.05) is 49.8 Å². The fraction of sp³-hybridized carbons (Fsp3) is 0.438. The lowest BCUT2D eigenvalue weighted by atomic mass is 9.58. The van der Waals surface area contributed by atoms with Crippen LogP contribution < -0.4 is 28.4 Å². The molecule has 132 heavy (non-hydrogen) atoms. The Morgan fingerprint density at radius 2 is 0.606 bits per heavy atom. The number of aliphatic hydroxyl groups is 5. The highest BCUT2D eigenvalue weighted by molar-refractivity contribution is 5.97. The molecule has 2 atom stereocenters. The van der Waals surface area contributed by atoms with E-state index < -0.39 is 102 Å². The van der Waals surface area contributed by atoms with Gasteiger partial charge in [-0.1, -0.05) is 211 Å². The summed E-state index contributed by atoms with van der Waals surface area (Å²) in [6.45, 7) is 38.4. The summed E-state index contributed by atoms with van der Waals surface area (Å²) in [5.74, 6) is -4.29. The fourth-order valence-electron chi connectivity index (χ4n) is 17.4. The average Bonchev–Trinajstić information content (AvgIpc) is 0.736. The minimum Gasteiger partial charge on any atom is -0.486 e. The summed E-state index contributed by atoms with van der Waals surface area (Å²) < 4.78 is 137. The van der Waals surface area contributed by atoms with Gasteiger partial charge in [0.1, 0.15) is 36.5 Å². The lowest BCUT2D eigenvalue weighted by Gasteiger charge is -2.51. The van der Waals surface area contributed by atoms with E-state index in [-0.39, 0.29) is 102 Å². The number of benzene rings is 6. The van der Waals surface area contributed by atoms with Crippen LogP contribution in [0.5, 0.6) is 35.0 Å². The number of aromatic nitrogens is 4. The monoisotopic (exact) mass is 1830 g/mol. The second kappa shape index (κ2) is 44.4. The Bertz CT molecular complexity index is 5390. The predicted molar refractivity (Wildman–Crippen MR) is 497 cm³/mol. The number of halogens is 6. The first kappa shape index (κ1) is 108. The topological polar surface area (TPSA) is 287 Å². The number of nitrogens with zero attached hydrogens (tertiary/aromatic N) is 4. The first-order valence-electron chi connectivity index (χ1n) is 43.4. The second-order valence-corrected chi connectivity index (χ2v) is 38.5. The third kappa shape index (κ3) is 24.1. The number of ether oxygens (including phenoxy) is 9. The standard InChI is InChI=1S/2C34H43F2NO5.C22H30FNO3.C15H14FNO4/c2*1-10-22(17-30(38)41-9)23-12-11-13-28(31(23)36)42-20-21-14-15-24(25-18-29(40-8)37-19-27(25)35)26(16-21)34(39,32(2,3)4)33(5,6)7;1-20(2,3)22(26,21(4,5)6)17-10-14(13-25)8-9-15(17)16-11-19(27-7)24-12-18(16)23;1-20-14-6-11(13(16)7-17-14)10-4-3-9(8-18)5-12(10)15(19)21-2/h2*11-16,18-19,22,39H,10,17,20H2,1-9H3;8-12,25-26H,13H2,1-7H3;3-7,18H,8H2,1-2H3/t2*22-;;/m10../s1. The molecule has 10 rings (SSSR count). The van der Waals surface area contributed by atoms with Gasteiger partial charge in [0.25, 0.3) is 0 Å². The minimum atomic E-state index is -1.43. The number of aliphatic hydroxyl groups excluding tert-OH is 2. The van der Waals surface area contributed by atoms with Gasteiger partial charge in [0.2, 0.25) is 23.5 Å². The van der Waals surface area contributed by atoms with E-state index in [2.05, 4.69) is 19.9 Å². The molecule has 0 saturated heterocycles. The maximum absolute atomic E-state index is 15.6. The van der Waals surface area contributed by atoms with Gasteiger partial charge >= 0.3 is 17.9 Å². The van der Waals surface area contributed by atoms with E-state index in [1.165, 1.54) is 92.2 Å². The van der Waals surface area contributed by atoms with Gasteiger partial charge in [0, 0.05) is 46.5 Å². The van der Waals surface area contributed by atoms with Crippen molar-refractivity contribution in [3.8, 4) is 79.5 Å². The summed E-state index contributed by atoms with van der Waals surface area (Å²) in [5, 5.41) is 55.7. The van der Waals surface area contributed by atoms with Crippen molar-refractivity contribution in [1.82, 2.24) is 19.9 Å². The van der Waals surface area contributed by atoms with Crippen LogP contribution in [-0.4, -0.2) is 113 Å². The average molecular weight is 1830 g/mol. The molecule has 21 nitrogen and oxygen atoms in total. The molecule has 4 aromatic heterocycles. The van der Waals surface area contributed by atoms with Crippen molar-refractivity contribution in [2.24, 2.45) is 32.5 Å². The summed E-state index contributed by atoms with van der Waals surface area (Å²) in [7, 11) is 9.66. The summed E-state index contributed by atoms with van der Waals surface area (Å²) >= 11 is 0. The molecule has 0 aliphatic rings. The van der Waals surface area contributed by atoms with Gasteiger partial charge in [0.05, 0.1) is 123 Å². The summed E-state index contributed by atoms with van der Waals surface area (Å²) in [6, 6.07) is 36.2. The Balaban J connectivity index is 0.000000249. The van der Waals surface area contributed by atoms with E-state index in [0.29, 0.717) is 96.6 Å². The van der Waals surface area contributed by atoms with Crippen LogP contribution >= 0.6 is 0 Å². The van der Waals surface area contributed by atoms with E-state index in [9.17, 15) is 43.6 Å². The smallest absolute Gasteiger partial charge is 0.338 e. The molecular formula is C105H130F6N4O17. The van der Waals surface area contributed by atoms with Crippen molar-refractivity contribution in [2.45, 2.75) is 219 Å². The first-order chi connectivity index (χ1) is 61.6. The molecule has 0 amide bonds. The van der Waals surface area contributed by atoms with E-state index in [0.717, 1.165) is 24.8 Å². The quantitative estimate of drug-likeness (QED) is 0.0173. The third-order valence-electron chi connectivity index (χ3n) is 24.0. The van der Waals surface area contributed by atoms with Crippen LogP contribution in [0.4, 0.5) is 26.3 Å². The van der Waals surface area contributed by atoms with Crippen LogP contribution in [0.15, 0.2) is 158 Å². The number of rotatable bonds is 28. The third-order valence-corrected chi connectivity index (χ3v) is 24.0. The number of esters is 3. The second-order valence-electron chi connectivity index (χ2n) is 38.5. The summed E-state index contributed by atoms with van der Waals surface area (Å²) in [5.41, 5.74) is -0.0672. The van der Waals surface area contributed by atoms with Crippen molar-refractivity contribution < 1.29 is 109 Å². The molecule has 0 radical (unpaired) electrons. The Labute approximate surface area is 772 Å². The first-order valence-corrected chi connectivity index (χ1v) is 43.4. The number of hydrogen-bond donors (Lipinski definition) is 5. The molecule has 10 aromatic rings. The molecule has 714 valence electrons. The van der Waals surface area contributed by atoms with Crippen molar-refractivity contribution in [1.29, 1.82) is 0 Å². The highest BCUT2D eigenvalue weighted by Crippen LogP contribution is 2.58. The highest BCUT2D eigenvalue weighted by atomic mass is 19.1. The maximum Gasteiger partial charge on any atom is 0.338 e. The maximum atomic E-state index is 15.6. The molecule has 4 heterocycles. The highest BCUT2D eigenvalue weighted by Gasteiger charge is 2.55. The summed E-state index contributed by atoms with van der Waals surface area (Å²) in [6.07, 6.45) is 5.56. The fourth-order valence-corrected chi connectivity index (χ4v) is 17.4. The number of pyridine rings is 4. The molecular weight excluding hydrogens is 1700 g/mol. The van der Waals surface area contributed by atoms with Crippen molar-refractivity contribution >= 4 is 17.9 Å². The zero-order valence-corrected chi connectivity index (χ0v) is 81.0. The zero-order valence-electron chi connectivity index (χ0n) is 81.0. The molecule has 27 heteroatoms. The van der Waals surface area contributed by atoms with Crippen LogP contribution in [0.2, 0.25) is 0 Å². The molecule has 5 N–H and O–H groups in total. The number of hydrogen-bond acceptors (Lipinski definition) is 21. The molecule has 0 saturated carbocycles. The molecule has 0 unspecified atom stereocenters. The number of carbonyl (C=O) groups excluding carboxylic acids is 3. The van der Waals surface area contributed by atoms with Gasteiger partial charge in [-0.2, -0.15) is 0 Å². The van der Waals surface area contributed by atoms with Gasteiger partial charge in [-0.25, -0.2) is 51.1 Å². The Kier molecular flexibility index (Phi) is 36.1. The number of methoxy groups -OCH3 is 7. The zero-order chi connectivity index (χ0) is 98.9. The van der Waals surface area contributed by atoms with E-state index in [1.807, 2.05) is 138 Å². The normalized spacial score (nSPS) is 12.6. The van der Waals surface area contributed by atoms with E-state index in [1.54, 1.807) is 91.0 Å². The Morgan fingerprint density at radius 3 is 0.864 bits per heavy atom. The summed E-state index contributed by atoms with van der Waals surface area (Å²) in [4.78, 5) is 51.2. The van der Waals surface area contributed by atoms with Gasteiger partial charge in [0.15, 0.2) is 23.1 Å². The van der Waals surface area contributed by atoms with Crippen molar-refractivity contribution in [3.63, 3.8) is 0 Å². The minimum absolute atomic E-state index is 0.00599. The molecule has 0 aliphatic heterocycles. The molecule has 0 spiro atoms. The van der Waals surface area contributed by atoms with Crippen LogP contribution in [-0.2, 0) is 67.0 Å². The van der Waals surface area contributed by atoms with Gasteiger partial charge in [-0.3, -0.25) is 9.59 Å². The molecule has 0 bridgehead atoms. The van der Waals surface area contributed by atoms with E-state index >= 15 is 17.6 Å². The Morgan fingerprint density at radius 1 is 0.341 bits per heavy atom. The predicted octanol–water partition coefficient (Wildman–Crippen LogP) is 22.7. The SMILES string of the molecule is CC[C@@H](CC(=O)OC)c1cccc(OCc2ccc(-c3cc(OC)ncc3F)c(C(O)(C(C)(C)C)C(C)(C)C)c2)c1F.CC[C@H](CC(=O)OC)c1cccc(OCc2ccc(-c3cc(OC)ncc3F)c(C(O)(C(C)(C)C)C(C)(C)C)c2)c1F.COC(=O)c1cc(CO)ccc1-c1cc(OC)ncc1F.COc1cc(-c2ccc(CO)cc2C(O)(C(C)(C)C)C(C)(C)C)c(F)cn1. The van der Waals surface area contributed by atoms with Crippen molar-refractivity contribution in [3.05, 3.63) is 249 Å². The van der Waals surface area contributed by atoms with Crippen LogP contribution in [0.3, 0.4) is 0 Å². The number of carbonyl (C=O) groups is 3. The van der Waals surface area contributed by atoms with E-state index in [4.69, 9.17) is 47.7 Å². The van der Waals surface area contributed by atoms with Crippen LogP contribution in [0, 0.1) is 67.4 Å².